The van der Waals surface area contributed by atoms with Crippen molar-refractivity contribution in [2.45, 2.75) is 18.9 Å². The van der Waals surface area contributed by atoms with Crippen molar-refractivity contribution in [3.8, 4) is 5.75 Å². The van der Waals surface area contributed by atoms with E-state index in [-0.39, 0.29) is 12.4 Å². The lowest BCUT2D eigenvalue weighted by Crippen LogP contribution is -2.33. The van der Waals surface area contributed by atoms with Crippen molar-refractivity contribution in [2.24, 2.45) is 0 Å². The van der Waals surface area contributed by atoms with Gasteiger partial charge in [-0.2, -0.15) is 0 Å². The number of aliphatic hydroxyl groups is 1. The van der Waals surface area contributed by atoms with Crippen molar-refractivity contribution in [1.29, 1.82) is 0 Å². The molecule has 0 aliphatic carbocycles. The predicted octanol–water partition coefficient (Wildman–Crippen LogP) is 1.94. The van der Waals surface area contributed by atoms with E-state index in [0.717, 1.165) is 25.4 Å². The van der Waals surface area contributed by atoms with Crippen LogP contribution in [0.3, 0.4) is 0 Å². The smallest absolute Gasteiger partial charge is 0.119 e. The maximum atomic E-state index is 9.80. The maximum absolute atomic E-state index is 9.80. The van der Waals surface area contributed by atoms with E-state index < -0.39 is 6.10 Å². The zero-order valence-electron chi connectivity index (χ0n) is 9.92. The molecule has 96 valence electrons. The van der Waals surface area contributed by atoms with Crippen LogP contribution in [0.2, 0.25) is 0 Å². The van der Waals surface area contributed by atoms with Crippen LogP contribution >= 0.6 is 12.4 Å². The zero-order chi connectivity index (χ0) is 11.2. The van der Waals surface area contributed by atoms with Crippen LogP contribution < -0.4 is 4.74 Å². The van der Waals surface area contributed by atoms with E-state index in [1.54, 1.807) is 0 Å². The molecule has 4 heteroatoms. The first kappa shape index (κ1) is 14.3. The molecule has 1 unspecified atom stereocenters. The van der Waals surface area contributed by atoms with Crippen molar-refractivity contribution >= 4 is 12.4 Å². The molecule has 1 aliphatic heterocycles. The number of likely N-dealkylation sites (tertiary alicyclic amines) is 1. The largest absolute Gasteiger partial charge is 0.491 e. The van der Waals surface area contributed by atoms with Crippen LogP contribution in [0.1, 0.15) is 12.8 Å². The molecule has 1 saturated heterocycles. The molecule has 1 N–H and O–H groups in total. The second kappa shape index (κ2) is 7.54. The minimum Gasteiger partial charge on any atom is -0.491 e. The van der Waals surface area contributed by atoms with Gasteiger partial charge in [0.1, 0.15) is 18.5 Å². The lowest BCUT2D eigenvalue weighted by molar-refractivity contribution is 0.0758. The number of nitrogens with zero attached hydrogens (tertiary/aromatic N) is 1. The van der Waals surface area contributed by atoms with Gasteiger partial charge in [-0.15, -0.1) is 12.4 Å². The predicted molar refractivity (Wildman–Crippen MR) is 70.9 cm³/mol. The average Bonchev–Trinajstić information content (AvgIpc) is 2.81. The summed E-state index contributed by atoms with van der Waals surface area (Å²) in [5.41, 5.74) is 0. The molecule has 2 rings (SSSR count). The second-order valence-electron chi connectivity index (χ2n) is 4.29. The fraction of sp³-hybridized carbons (Fsp3) is 0.538. The van der Waals surface area contributed by atoms with Gasteiger partial charge in [-0.1, -0.05) is 18.2 Å². The summed E-state index contributed by atoms with van der Waals surface area (Å²) in [6.07, 6.45) is 2.12. The van der Waals surface area contributed by atoms with Gasteiger partial charge in [-0.25, -0.2) is 0 Å². The van der Waals surface area contributed by atoms with Gasteiger partial charge in [0.15, 0.2) is 0 Å². The van der Waals surface area contributed by atoms with Crippen molar-refractivity contribution in [1.82, 2.24) is 4.90 Å². The number of benzene rings is 1. The highest BCUT2D eigenvalue weighted by atomic mass is 35.5. The molecule has 1 aromatic rings. The standard InChI is InChI=1S/C13H19NO2.ClH/c15-12(10-14-8-4-5-9-14)11-16-13-6-2-1-3-7-13;/h1-3,6-7,12,15H,4-5,8-11H2;1H. The zero-order valence-corrected chi connectivity index (χ0v) is 10.7. The molecular weight excluding hydrogens is 238 g/mol. The molecule has 1 fully saturated rings. The molecule has 1 atom stereocenters. The van der Waals surface area contributed by atoms with Crippen molar-refractivity contribution in [2.75, 3.05) is 26.2 Å². The molecule has 1 heterocycles. The highest BCUT2D eigenvalue weighted by Crippen LogP contribution is 2.10. The number of halogens is 1. The molecule has 1 aromatic carbocycles. The fourth-order valence-corrected chi connectivity index (χ4v) is 2.03. The highest BCUT2D eigenvalue weighted by Gasteiger charge is 2.15. The third-order valence-electron chi connectivity index (χ3n) is 2.85. The topological polar surface area (TPSA) is 32.7 Å². The molecule has 0 saturated carbocycles. The maximum Gasteiger partial charge on any atom is 0.119 e. The van der Waals surface area contributed by atoms with Gasteiger partial charge in [-0.05, 0) is 38.1 Å². The number of aliphatic hydroxyl groups excluding tert-OH is 1. The Kier molecular flexibility index (Phi) is 6.34. The number of para-hydroxylation sites is 1. The molecule has 1 aliphatic rings. The Labute approximate surface area is 109 Å². The van der Waals surface area contributed by atoms with Gasteiger partial charge in [0.2, 0.25) is 0 Å². The highest BCUT2D eigenvalue weighted by molar-refractivity contribution is 5.85. The Morgan fingerprint density at radius 1 is 1.18 bits per heavy atom. The van der Waals surface area contributed by atoms with E-state index in [2.05, 4.69) is 4.90 Å². The Hall–Kier alpha value is -0.770. The summed E-state index contributed by atoms with van der Waals surface area (Å²) in [4.78, 5) is 2.29. The lowest BCUT2D eigenvalue weighted by atomic mass is 10.3. The fourth-order valence-electron chi connectivity index (χ4n) is 2.03. The Bertz CT molecular complexity index is 302. The third-order valence-corrected chi connectivity index (χ3v) is 2.85. The van der Waals surface area contributed by atoms with Gasteiger partial charge in [0.25, 0.3) is 0 Å². The van der Waals surface area contributed by atoms with Crippen molar-refractivity contribution in [3.05, 3.63) is 30.3 Å². The van der Waals surface area contributed by atoms with Crippen molar-refractivity contribution < 1.29 is 9.84 Å². The monoisotopic (exact) mass is 257 g/mol. The normalized spacial score (nSPS) is 17.5. The van der Waals surface area contributed by atoms with Crippen LogP contribution in [0.4, 0.5) is 0 Å². The SMILES string of the molecule is Cl.OC(COc1ccccc1)CN1CCCC1. The molecule has 0 aromatic heterocycles. The Morgan fingerprint density at radius 2 is 1.82 bits per heavy atom. The molecule has 17 heavy (non-hydrogen) atoms. The lowest BCUT2D eigenvalue weighted by Gasteiger charge is -2.19. The summed E-state index contributed by atoms with van der Waals surface area (Å²) in [5.74, 6) is 0.822. The molecular formula is C13H20ClNO2. The van der Waals surface area contributed by atoms with Gasteiger partial charge >= 0.3 is 0 Å². The first-order valence-electron chi connectivity index (χ1n) is 5.93. The van der Waals surface area contributed by atoms with Crippen LogP contribution in [0.5, 0.6) is 5.75 Å². The van der Waals surface area contributed by atoms with E-state index >= 15 is 0 Å². The molecule has 0 spiro atoms. The van der Waals surface area contributed by atoms with E-state index in [9.17, 15) is 5.11 Å². The number of hydrogen-bond acceptors (Lipinski definition) is 3. The van der Waals surface area contributed by atoms with Crippen LogP contribution in [0, 0.1) is 0 Å². The summed E-state index contributed by atoms with van der Waals surface area (Å²) in [6, 6.07) is 9.63. The summed E-state index contributed by atoms with van der Waals surface area (Å²) >= 11 is 0. The molecule has 3 nitrogen and oxygen atoms in total. The quantitative estimate of drug-likeness (QED) is 0.875. The molecule has 0 radical (unpaired) electrons. The van der Waals surface area contributed by atoms with E-state index in [1.165, 1.54) is 12.8 Å². The van der Waals surface area contributed by atoms with E-state index in [4.69, 9.17) is 4.74 Å². The number of rotatable bonds is 5. The Morgan fingerprint density at radius 3 is 2.47 bits per heavy atom. The summed E-state index contributed by atoms with van der Waals surface area (Å²) in [5, 5.41) is 9.80. The molecule has 0 amide bonds. The summed E-state index contributed by atoms with van der Waals surface area (Å²) in [7, 11) is 0. The van der Waals surface area contributed by atoms with Crippen LogP contribution in [0.25, 0.3) is 0 Å². The number of hydrogen-bond donors (Lipinski definition) is 1. The average molecular weight is 258 g/mol. The van der Waals surface area contributed by atoms with Gasteiger partial charge in [0.05, 0.1) is 0 Å². The van der Waals surface area contributed by atoms with Crippen LogP contribution in [-0.4, -0.2) is 42.4 Å². The second-order valence-corrected chi connectivity index (χ2v) is 4.29. The number of ether oxygens (including phenoxy) is 1. The first-order chi connectivity index (χ1) is 7.84. The van der Waals surface area contributed by atoms with E-state index in [0.29, 0.717) is 6.61 Å². The number of β-amino-alcohol motifs (C(OH)–C–C–N with tert-alkyl or cyclic N) is 1. The van der Waals surface area contributed by atoms with Gasteiger partial charge in [0, 0.05) is 6.54 Å². The Balaban J connectivity index is 0.00000144. The minimum absolute atomic E-state index is 0. The third kappa shape index (κ3) is 4.94. The minimum atomic E-state index is -0.390. The van der Waals surface area contributed by atoms with Crippen LogP contribution in [-0.2, 0) is 0 Å². The van der Waals surface area contributed by atoms with Gasteiger partial charge < -0.3 is 14.7 Å². The van der Waals surface area contributed by atoms with Crippen molar-refractivity contribution in [3.63, 3.8) is 0 Å². The first-order valence-corrected chi connectivity index (χ1v) is 5.93. The van der Waals surface area contributed by atoms with Gasteiger partial charge in [-0.3, -0.25) is 0 Å². The summed E-state index contributed by atoms with van der Waals surface area (Å²) in [6.45, 7) is 3.33. The molecule has 0 bridgehead atoms. The van der Waals surface area contributed by atoms with Crippen LogP contribution in [0.15, 0.2) is 30.3 Å². The summed E-state index contributed by atoms with van der Waals surface area (Å²) < 4.78 is 5.50. The van der Waals surface area contributed by atoms with E-state index in [1.807, 2.05) is 30.3 Å².